The highest BCUT2D eigenvalue weighted by Gasteiger charge is 2.17. The van der Waals surface area contributed by atoms with Crippen molar-refractivity contribution in [1.29, 1.82) is 0 Å². The maximum absolute atomic E-state index is 10.7. The lowest BCUT2D eigenvalue weighted by atomic mass is 10.1. The van der Waals surface area contributed by atoms with Gasteiger partial charge in [-0.05, 0) is 18.1 Å². The summed E-state index contributed by atoms with van der Waals surface area (Å²) >= 11 is 0. The Labute approximate surface area is 111 Å². The van der Waals surface area contributed by atoms with E-state index < -0.39 is 17.5 Å². The van der Waals surface area contributed by atoms with Gasteiger partial charge in [-0.3, -0.25) is 0 Å². The molecule has 4 nitrogen and oxygen atoms in total. The molecule has 0 radical (unpaired) electrons. The van der Waals surface area contributed by atoms with Gasteiger partial charge in [-0.2, -0.15) is 0 Å². The summed E-state index contributed by atoms with van der Waals surface area (Å²) in [6, 6.07) is 9.56. The largest absolute Gasteiger partial charge is 0.477 e. The number of rotatable bonds is 5. The lowest BCUT2D eigenvalue weighted by Gasteiger charge is -1.97. The van der Waals surface area contributed by atoms with Crippen molar-refractivity contribution < 1.29 is 19.8 Å². The Morgan fingerprint density at radius 2 is 1.58 bits per heavy atom. The molecule has 0 unspecified atom stereocenters. The standard InChI is InChI=1S/C15H14O4/c1-11(13(14(16)17)15(18)19)7-5-6-10-12-8-3-2-4-9-12/h2-10H,1H3,(H,16,17)(H,18,19)/b7-5+,10-6+. The molecule has 0 heterocycles. The van der Waals surface area contributed by atoms with Gasteiger partial charge >= 0.3 is 11.9 Å². The normalized spacial score (nSPS) is 10.8. The molecule has 0 saturated carbocycles. The van der Waals surface area contributed by atoms with Crippen LogP contribution < -0.4 is 0 Å². The molecule has 1 aromatic carbocycles. The second-order valence-electron chi connectivity index (χ2n) is 3.80. The summed E-state index contributed by atoms with van der Waals surface area (Å²) in [7, 11) is 0. The highest BCUT2D eigenvalue weighted by Crippen LogP contribution is 2.07. The lowest BCUT2D eigenvalue weighted by molar-refractivity contribution is -0.140. The number of aliphatic carboxylic acids is 2. The van der Waals surface area contributed by atoms with E-state index in [0.717, 1.165) is 5.56 Å². The summed E-state index contributed by atoms with van der Waals surface area (Å²) in [5, 5.41) is 17.5. The summed E-state index contributed by atoms with van der Waals surface area (Å²) < 4.78 is 0. The second kappa shape index (κ2) is 6.96. The van der Waals surface area contributed by atoms with Crippen molar-refractivity contribution in [3.8, 4) is 0 Å². The van der Waals surface area contributed by atoms with Crippen LogP contribution in [0.3, 0.4) is 0 Å². The first-order valence-electron chi connectivity index (χ1n) is 5.59. The first kappa shape index (κ1) is 14.4. The van der Waals surface area contributed by atoms with Gasteiger partial charge in [-0.25, -0.2) is 9.59 Å². The maximum atomic E-state index is 10.7. The molecule has 98 valence electrons. The number of carbonyl (C=O) groups is 2. The highest BCUT2D eigenvalue weighted by atomic mass is 16.4. The third kappa shape index (κ3) is 4.63. The summed E-state index contributed by atoms with van der Waals surface area (Å²) in [4.78, 5) is 21.5. The van der Waals surface area contributed by atoms with Crippen LogP contribution in [0.25, 0.3) is 6.08 Å². The zero-order valence-corrected chi connectivity index (χ0v) is 10.4. The molecule has 0 amide bonds. The Kier molecular flexibility index (Phi) is 5.29. The van der Waals surface area contributed by atoms with E-state index in [0.29, 0.717) is 0 Å². The zero-order valence-electron chi connectivity index (χ0n) is 10.4. The quantitative estimate of drug-likeness (QED) is 0.368. The van der Waals surface area contributed by atoms with E-state index in [1.54, 1.807) is 12.2 Å². The molecular formula is C15H14O4. The van der Waals surface area contributed by atoms with Crippen molar-refractivity contribution in [3.05, 3.63) is 65.3 Å². The van der Waals surface area contributed by atoms with E-state index >= 15 is 0 Å². The number of hydrogen-bond donors (Lipinski definition) is 2. The topological polar surface area (TPSA) is 74.6 Å². The molecule has 0 fully saturated rings. The van der Waals surface area contributed by atoms with Crippen molar-refractivity contribution in [2.45, 2.75) is 6.92 Å². The van der Waals surface area contributed by atoms with Crippen LogP contribution in [0, 0.1) is 0 Å². The molecule has 1 aromatic rings. The van der Waals surface area contributed by atoms with Crippen molar-refractivity contribution in [2.75, 3.05) is 0 Å². The van der Waals surface area contributed by atoms with Crippen molar-refractivity contribution in [3.63, 3.8) is 0 Å². The van der Waals surface area contributed by atoms with E-state index in [1.807, 2.05) is 36.4 Å². The molecule has 0 aromatic heterocycles. The third-order valence-electron chi connectivity index (χ3n) is 2.37. The van der Waals surface area contributed by atoms with Crippen LogP contribution in [0.4, 0.5) is 0 Å². The summed E-state index contributed by atoms with van der Waals surface area (Å²) in [5.41, 5.74) is 0.576. The van der Waals surface area contributed by atoms with Gasteiger partial charge in [0.2, 0.25) is 0 Å². The Hall–Kier alpha value is -2.62. The minimum atomic E-state index is -1.44. The molecule has 0 spiro atoms. The van der Waals surface area contributed by atoms with Crippen LogP contribution >= 0.6 is 0 Å². The van der Waals surface area contributed by atoms with Crippen LogP contribution in [-0.4, -0.2) is 22.2 Å². The van der Waals surface area contributed by atoms with E-state index in [-0.39, 0.29) is 5.57 Å². The van der Waals surface area contributed by atoms with E-state index in [1.165, 1.54) is 13.0 Å². The van der Waals surface area contributed by atoms with Gasteiger partial charge in [0, 0.05) is 0 Å². The summed E-state index contributed by atoms with van der Waals surface area (Å²) in [5.74, 6) is -2.89. The molecule has 0 bridgehead atoms. The molecule has 4 heteroatoms. The molecule has 0 aliphatic rings. The monoisotopic (exact) mass is 258 g/mol. The van der Waals surface area contributed by atoms with Crippen LogP contribution in [0.1, 0.15) is 12.5 Å². The smallest absolute Gasteiger partial charge is 0.343 e. The number of carboxylic acids is 2. The highest BCUT2D eigenvalue weighted by molar-refractivity contribution is 6.13. The average molecular weight is 258 g/mol. The first-order valence-corrected chi connectivity index (χ1v) is 5.59. The van der Waals surface area contributed by atoms with Gasteiger partial charge in [0.1, 0.15) is 5.57 Å². The molecule has 0 aliphatic carbocycles. The van der Waals surface area contributed by atoms with Crippen molar-refractivity contribution in [2.24, 2.45) is 0 Å². The number of hydrogen-bond acceptors (Lipinski definition) is 2. The lowest BCUT2D eigenvalue weighted by Crippen LogP contribution is -2.12. The predicted octanol–water partition coefficient (Wildman–Crippen LogP) is 2.74. The van der Waals surface area contributed by atoms with Gasteiger partial charge in [0.05, 0.1) is 0 Å². The Balaban J connectivity index is 2.81. The summed E-state index contributed by atoms with van der Waals surface area (Å²) in [6.45, 7) is 1.45. The molecule has 19 heavy (non-hydrogen) atoms. The molecule has 0 aliphatic heterocycles. The Bertz CT molecular complexity index is 535. The Morgan fingerprint density at radius 3 is 2.11 bits per heavy atom. The van der Waals surface area contributed by atoms with Gasteiger partial charge in [0.25, 0.3) is 0 Å². The molecule has 1 rings (SSSR count). The third-order valence-corrected chi connectivity index (χ3v) is 2.37. The minimum absolute atomic E-state index is 0.192. The molecular weight excluding hydrogens is 244 g/mol. The zero-order chi connectivity index (χ0) is 14.3. The molecule has 0 saturated heterocycles. The first-order chi connectivity index (χ1) is 9.02. The Morgan fingerprint density at radius 1 is 1.00 bits per heavy atom. The van der Waals surface area contributed by atoms with Gasteiger partial charge in [-0.15, -0.1) is 0 Å². The van der Waals surface area contributed by atoms with E-state index in [9.17, 15) is 9.59 Å². The van der Waals surface area contributed by atoms with Gasteiger partial charge < -0.3 is 10.2 Å². The van der Waals surface area contributed by atoms with Crippen LogP contribution in [0.5, 0.6) is 0 Å². The average Bonchev–Trinajstić information content (AvgIpc) is 2.35. The van der Waals surface area contributed by atoms with Crippen molar-refractivity contribution >= 4 is 18.0 Å². The summed E-state index contributed by atoms with van der Waals surface area (Å²) in [6.07, 6.45) is 6.62. The van der Waals surface area contributed by atoms with Gasteiger partial charge in [0.15, 0.2) is 0 Å². The fourth-order valence-electron chi connectivity index (χ4n) is 1.44. The van der Waals surface area contributed by atoms with E-state index in [2.05, 4.69) is 0 Å². The fraction of sp³-hybridized carbons (Fsp3) is 0.0667. The van der Waals surface area contributed by atoms with Crippen LogP contribution in [0.2, 0.25) is 0 Å². The number of allylic oxidation sites excluding steroid dienone is 4. The maximum Gasteiger partial charge on any atom is 0.343 e. The fourth-order valence-corrected chi connectivity index (χ4v) is 1.44. The minimum Gasteiger partial charge on any atom is -0.477 e. The molecule has 0 atom stereocenters. The SMILES string of the molecule is CC(/C=C/C=C/c1ccccc1)=C(C(=O)O)C(=O)O. The van der Waals surface area contributed by atoms with E-state index in [4.69, 9.17) is 10.2 Å². The molecule has 2 N–H and O–H groups in total. The van der Waals surface area contributed by atoms with Crippen molar-refractivity contribution in [1.82, 2.24) is 0 Å². The number of benzene rings is 1. The second-order valence-corrected chi connectivity index (χ2v) is 3.80. The predicted molar refractivity (Wildman–Crippen MR) is 72.6 cm³/mol. The van der Waals surface area contributed by atoms with Gasteiger partial charge in [-0.1, -0.05) is 54.6 Å². The van der Waals surface area contributed by atoms with Crippen LogP contribution in [0.15, 0.2) is 59.7 Å². The number of carboxylic acid groups (broad SMARTS) is 2. The van der Waals surface area contributed by atoms with Crippen LogP contribution in [-0.2, 0) is 9.59 Å².